The van der Waals surface area contributed by atoms with Crippen LogP contribution in [-0.2, 0) is 4.74 Å². The first kappa shape index (κ1) is 16.1. The van der Waals surface area contributed by atoms with E-state index in [2.05, 4.69) is 9.97 Å². The number of fused-ring (bicyclic) bond motifs is 1. The predicted molar refractivity (Wildman–Crippen MR) is 84.3 cm³/mol. The lowest BCUT2D eigenvalue weighted by atomic mass is 9.95. The Bertz CT molecular complexity index is 828. The Kier molecular flexibility index (Phi) is 4.23. The summed E-state index contributed by atoms with van der Waals surface area (Å²) in [5.41, 5.74) is 5.22. The van der Waals surface area contributed by atoms with Crippen LogP contribution >= 0.6 is 11.3 Å². The summed E-state index contributed by atoms with van der Waals surface area (Å²) in [5, 5.41) is 19.6. The first-order valence-corrected chi connectivity index (χ1v) is 8.13. The summed E-state index contributed by atoms with van der Waals surface area (Å²) in [6.45, 7) is 1.61. The summed E-state index contributed by atoms with van der Waals surface area (Å²) in [6, 6.07) is 0. The van der Waals surface area contributed by atoms with Crippen LogP contribution in [0.4, 0.5) is 5.95 Å². The van der Waals surface area contributed by atoms with Gasteiger partial charge in [-0.15, -0.1) is 0 Å². The van der Waals surface area contributed by atoms with E-state index in [9.17, 15) is 19.8 Å². The SMILES string of the molecule is CCC(O)C1CC(CO)OC1n1c(=O)sc2c(=O)[nH]c(N)nc21. The Morgan fingerprint density at radius 2 is 2.30 bits per heavy atom. The summed E-state index contributed by atoms with van der Waals surface area (Å²) < 4.78 is 7.14. The quantitative estimate of drug-likeness (QED) is 0.580. The van der Waals surface area contributed by atoms with E-state index in [4.69, 9.17) is 10.5 Å². The molecule has 1 aliphatic rings. The number of rotatable bonds is 4. The number of nitrogen functional groups attached to an aromatic ring is 1. The van der Waals surface area contributed by atoms with Crippen LogP contribution in [0.25, 0.3) is 10.3 Å². The maximum absolute atomic E-state index is 12.4. The van der Waals surface area contributed by atoms with Crippen molar-refractivity contribution in [3.05, 3.63) is 20.0 Å². The lowest BCUT2D eigenvalue weighted by Crippen LogP contribution is -2.30. The van der Waals surface area contributed by atoms with Gasteiger partial charge in [0.1, 0.15) is 10.9 Å². The molecule has 1 saturated heterocycles. The molecule has 5 N–H and O–H groups in total. The van der Waals surface area contributed by atoms with Crippen LogP contribution in [0.1, 0.15) is 26.0 Å². The van der Waals surface area contributed by atoms with Crippen LogP contribution < -0.4 is 16.2 Å². The van der Waals surface area contributed by atoms with E-state index in [1.807, 2.05) is 6.92 Å². The van der Waals surface area contributed by atoms with Gasteiger partial charge < -0.3 is 20.7 Å². The fraction of sp³-hybridized carbons (Fsp3) is 0.615. The number of anilines is 1. The van der Waals surface area contributed by atoms with Crippen LogP contribution in [0, 0.1) is 5.92 Å². The summed E-state index contributed by atoms with van der Waals surface area (Å²) in [5.74, 6) is -0.478. The first-order valence-electron chi connectivity index (χ1n) is 7.31. The number of nitrogens with one attached hydrogen (secondary N) is 1. The second kappa shape index (κ2) is 6.04. The normalized spacial score (nSPS) is 26.0. The van der Waals surface area contributed by atoms with Gasteiger partial charge in [-0.3, -0.25) is 19.1 Å². The number of aliphatic hydroxyl groups is 2. The molecule has 126 valence electrons. The fourth-order valence-corrected chi connectivity index (χ4v) is 3.81. The van der Waals surface area contributed by atoms with E-state index < -0.39 is 28.9 Å². The molecule has 0 bridgehead atoms. The van der Waals surface area contributed by atoms with Crippen molar-refractivity contribution in [1.82, 2.24) is 14.5 Å². The number of ether oxygens (including phenoxy) is 1. The zero-order valence-corrected chi connectivity index (χ0v) is 13.2. The second-order valence-corrected chi connectivity index (χ2v) is 6.51. The van der Waals surface area contributed by atoms with Crippen LogP contribution in [0.15, 0.2) is 9.59 Å². The summed E-state index contributed by atoms with van der Waals surface area (Å²) in [7, 11) is 0. The van der Waals surface area contributed by atoms with Crippen molar-refractivity contribution in [3.63, 3.8) is 0 Å². The predicted octanol–water partition coefficient (Wildman–Crippen LogP) is -0.605. The Morgan fingerprint density at radius 3 is 2.96 bits per heavy atom. The molecule has 0 amide bonds. The van der Waals surface area contributed by atoms with E-state index >= 15 is 0 Å². The van der Waals surface area contributed by atoms with Crippen LogP contribution in [0.2, 0.25) is 0 Å². The molecule has 0 aromatic carbocycles. The molecule has 0 saturated carbocycles. The Morgan fingerprint density at radius 1 is 1.57 bits per heavy atom. The second-order valence-electron chi connectivity index (χ2n) is 5.55. The molecule has 0 spiro atoms. The average molecular weight is 342 g/mol. The van der Waals surface area contributed by atoms with Gasteiger partial charge in [-0.25, -0.2) is 0 Å². The third-order valence-electron chi connectivity index (χ3n) is 4.10. The minimum Gasteiger partial charge on any atom is -0.394 e. The molecule has 23 heavy (non-hydrogen) atoms. The van der Waals surface area contributed by atoms with Crippen molar-refractivity contribution in [1.29, 1.82) is 0 Å². The Labute approximate surface area is 134 Å². The van der Waals surface area contributed by atoms with Crippen LogP contribution in [0.3, 0.4) is 0 Å². The highest BCUT2D eigenvalue weighted by atomic mass is 32.1. The highest BCUT2D eigenvalue weighted by Crippen LogP contribution is 2.38. The summed E-state index contributed by atoms with van der Waals surface area (Å²) in [4.78, 5) is 30.3. The minimum absolute atomic E-state index is 0.0988. The molecule has 0 aliphatic carbocycles. The maximum Gasteiger partial charge on any atom is 0.311 e. The van der Waals surface area contributed by atoms with Gasteiger partial charge in [0, 0.05) is 5.92 Å². The highest BCUT2D eigenvalue weighted by Gasteiger charge is 2.41. The van der Waals surface area contributed by atoms with Crippen molar-refractivity contribution in [3.8, 4) is 0 Å². The molecule has 1 aliphatic heterocycles. The molecular formula is C13H18N4O5S. The van der Waals surface area contributed by atoms with Crippen LogP contribution in [-0.4, -0.2) is 43.6 Å². The molecular weight excluding hydrogens is 324 g/mol. The molecule has 3 rings (SSSR count). The number of aliphatic hydroxyl groups excluding tert-OH is 2. The number of aromatic nitrogens is 3. The van der Waals surface area contributed by atoms with Gasteiger partial charge in [0.25, 0.3) is 5.56 Å². The van der Waals surface area contributed by atoms with Gasteiger partial charge >= 0.3 is 4.87 Å². The summed E-state index contributed by atoms with van der Waals surface area (Å²) >= 11 is 0.753. The van der Waals surface area contributed by atoms with Gasteiger partial charge in [-0.1, -0.05) is 18.3 Å². The highest BCUT2D eigenvalue weighted by molar-refractivity contribution is 7.16. The van der Waals surface area contributed by atoms with E-state index in [0.29, 0.717) is 12.8 Å². The zero-order chi connectivity index (χ0) is 16.7. The number of hydrogen-bond donors (Lipinski definition) is 4. The molecule has 10 heteroatoms. The number of nitrogens with zero attached hydrogens (tertiary/aromatic N) is 2. The molecule has 4 unspecified atom stereocenters. The largest absolute Gasteiger partial charge is 0.394 e. The number of nitrogens with two attached hydrogens (primary N) is 1. The molecule has 0 radical (unpaired) electrons. The van der Waals surface area contributed by atoms with Crippen LogP contribution in [0.5, 0.6) is 0 Å². The van der Waals surface area contributed by atoms with Gasteiger partial charge in [0.05, 0.1) is 18.8 Å². The Hall–Kier alpha value is -1.75. The molecule has 9 nitrogen and oxygen atoms in total. The third-order valence-corrected chi connectivity index (χ3v) is 5.04. The lowest BCUT2D eigenvalue weighted by Gasteiger charge is -2.23. The lowest BCUT2D eigenvalue weighted by molar-refractivity contribution is -0.0496. The topological polar surface area (TPSA) is 143 Å². The first-order chi connectivity index (χ1) is 11.0. The molecule has 2 aromatic heterocycles. The molecule has 4 atom stereocenters. The fourth-order valence-electron chi connectivity index (χ4n) is 2.96. The van der Waals surface area contributed by atoms with E-state index in [1.165, 1.54) is 4.57 Å². The zero-order valence-electron chi connectivity index (χ0n) is 12.4. The van der Waals surface area contributed by atoms with E-state index in [-0.39, 0.29) is 28.8 Å². The third kappa shape index (κ3) is 2.67. The van der Waals surface area contributed by atoms with Crippen molar-refractivity contribution >= 4 is 27.6 Å². The monoisotopic (exact) mass is 342 g/mol. The number of hydrogen-bond acceptors (Lipinski definition) is 8. The number of H-pyrrole nitrogens is 1. The van der Waals surface area contributed by atoms with Gasteiger partial charge in [0.2, 0.25) is 5.95 Å². The van der Waals surface area contributed by atoms with Gasteiger partial charge in [0.15, 0.2) is 5.65 Å². The van der Waals surface area contributed by atoms with E-state index in [1.54, 1.807) is 0 Å². The van der Waals surface area contributed by atoms with Crippen molar-refractivity contribution < 1.29 is 14.9 Å². The molecule has 2 aromatic rings. The Balaban J connectivity index is 2.16. The average Bonchev–Trinajstić information content (AvgIpc) is 3.07. The van der Waals surface area contributed by atoms with Crippen molar-refractivity contribution in [2.45, 2.75) is 38.2 Å². The number of thiazole rings is 1. The van der Waals surface area contributed by atoms with Crippen molar-refractivity contribution in [2.24, 2.45) is 5.92 Å². The van der Waals surface area contributed by atoms with Crippen molar-refractivity contribution in [2.75, 3.05) is 12.3 Å². The summed E-state index contributed by atoms with van der Waals surface area (Å²) in [6.07, 6.45) is -1.07. The maximum atomic E-state index is 12.4. The number of aromatic amines is 1. The smallest absolute Gasteiger partial charge is 0.311 e. The minimum atomic E-state index is -0.794. The molecule has 3 heterocycles. The van der Waals surface area contributed by atoms with Gasteiger partial charge in [-0.05, 0) is 12.8 Å². The van der Waals surface area contributed by atoms with Gasteiger partial charge in [-0.2, -0.15) is 4.98 Å². The molecule has 1 fully saturated rings. The van der Waals surface area contributed by atoms with E-state index in [0.717, 1.165) is 11.3 Å². The standard InChI is InChI=1S/C13H18N4O5S/c1-2-7(19)6-3-5(4-18)22-11(6)17-9-8(23-13(17)21)10(20)16-12(14)15-9/h5-7,11,18-19H,2-4H2,1H3,(H3,14,15,16,20).